The standard InChI is InChI=1S/C23H25ClFN5O2/c1-14-28-29-22(32-14)20-3-2-19(10-21(20)25)31-13-17-9-16(17)8-15-4-6-30(7-5-15)23-26-11-18(24)12-27-23/h2-3,10-12,15-17H,4-9,13H2,1H3/t16-,17+/m1/s1. The zero-order valence-corrected chi connectivity index (χ0v) is 18.6. The number of anilines is 1. The summed E-state index contributed by atoms with van der Waals surface area (Å²) in [5.41, 5.74) is 0.289. The van der Waals surface area contributed by atoms with E-state index in [1.165, 1.54) is 18.9 Å². The van der Waals surface area contributed by atoms with Gasteiger partial charge in [0.1, 0.15) is 11.6 Å². The van der Waals surface area contributed by atoms with E-state index in [9.17, 15) is 4.39 Å². The largest absolute Gasteiger partial charge is 0.493 e. The minimum Gasteiger partial charge on any atom is -0.493 e. The Morgan fingerprint density at radius 3 is 2.62 bits per heavy atom. The molecule has 2 aliphatic rings. The molecule has 2 atom stereocenters. The number of hydrogen-bond donors (Lipinski definition) is 0. The molecule has 2 fully saturated rings. The van der Waals surface area contributed by atoms with Crippen LogP contribution in [0.1, 0.15) is 31.6 Å². The molecule has 1 aliphatic carbocycles. The fourth-order valence-electron chi connectivity index (χ4n) is 4.44. The minimum atomic E-state index is -0.421. The summed E-state index contributed by atoms with van der Waals surface area (Å²) in [7, 11) is 0. The molecule has 1 saturated carbocycles. The van der Waals surface area contributed by atoms with Crippen LogP contribution in [0.25, 0.3) is 11.5 Å². The summed E-state index contributed by atoms with van der Waals surface area (Å²) in [6.07, 6.45) is 8.01. The lowest BCUT2D eigenvalue weighted by atomic mass is 9.91. The van der Waals surface area contributed by atoms with Crippen molar-refractivity contribution in [3.05, 3.63) is 47.3 Å². The van der Waals surface area contributed by atoms with Crippen molar-refractivity contribution in [2.24, 2.45) is 17.8 Å². The fraction of sp³-hybridized carbons (Fsp3) is 0.478. The Hall–Kier alpha value is -2.74. The zero-order chi connectivity index (χ0) is 22.1. The second kappa shape index (κ2) is 9.02. The van der Waals surface area contributed by atoms with E-state index in [1.54, 1.807) is 31.5 Å². The van der Waals surface area contributed by atoms with Crippen LogP contribution in [0.5, 0.6) is 5.75 Å². The van der Waals surface area contributed by atoms with Gasteiger partial charge >= 0.3 is 0 Å². The molecule has 0 N–H and O–H groups in total. The molecule has 1 aromatic carbocycles. The van der Waals surface area contributed by atoms with Crippen molar-refractivity contribution in [2.45, 2.75) is 32.6 Å². The molecule has 1 saturated heterocycles. The van der Waals surface area contributed by atoms with Crippen LogP contribution in [0.2, 0.25) is 5.02 Å². The van der Waals surface area contributed by atoms with Crippen LogP contribution in [0.15, 0.2) is 35.0 Å². The maximum absolute atomic E-state index is 14.4. The molecule has 3 heterocycles. The predicted molar refractivity (Wildman–Crippen MR) is 118 cm³/mol. The SMILES string of the molecule is Cc1nnc(-c2ccc(OC[C@@H]3C[C@H]3CC3CCN(c4ncc(Cl)cn4)CC3)cc2F)o1. The maximum Gasteiger partial charge on any atom is 0.250 e. The van der Waals surface area contributed by atoms with Crippen molar-refractivity contribution < 1.29 is 13.5 Å². The van der Waals surface area contributed by atoms with E-state index in [0.29, 0.717) is 35.1 Å². The van der Waals surface area contributed by atoms with E-state index >= 15 is 0 Å². The second-order valence-electron chi connectivity index (χ2n) is 8.70. The number of rotatable bonds is 7. The van der Waals surface area contributed by atoms with Gasteiger partial charge in [-0.15, -0.1) is 10.2 Å². The van der Waals surface area contributed by atoms with Gasteiger partial charge < -0.3 is 14.1 Å². The third-order valence-electron chi connectivity index (χ3n) is 6.37. The Bertz CT molecular complexity index is 1070. The summed E-state index contributed by atoms with van der Waals surface area (Å²) < 4.78 is 25.6. The van der Waals surface area contributed by atoms with Gasteiger partial charge in [-0.25, -0.2) is 14.4 Å². The van der Waals surface area contributed by atoms with Crippen molar-refractivity contribution in [1.82, 2.24) is 20.2 Å². The molecule has 7 nitrogen and oxygen atoms in total. The summed E-state index contributed by atoms with van der Waals surface area (Å²) in [6, 6.07) is 4.77. The van der Waals surface area contributed by atoms with Gasteiger partial charge in [0.2, 0.25) is 11.8 Å². The van der Waals surface area contributed by atoms with Crippen LogP contribution in [0, 0.1) is 30.5 Å². The van der Waals surface area contributed by atoms with Crippen molar-refractivity contribution >= 4 is 17.5 Å². The highest BCUT2D eigenvalue weighted by molar-refractivity contribution is 6.30. The lowest BCUT2D eigenvalue weighted by Crippen LogP contribution is -2.35. The Labute approximate surface area is 191 Å². The lowest BCUT2D eigenvalue weighted by Gasteiger charge is -2.32. The van der Waals surface area contributed by atoms with Crippen molar-refractivity contribution in [2.75, 3.05) is 24.6 Å². The van der Waals surface area contributed by atoms with Crippen molar-refractivity contribution in [3.63, 3.8) is 0 Å². The van der Waals surface area contributed by atoms with E-state index in [-0.39, 0.29) is 11.5 Å². The Morgan fingerprint density at radius 1 is 1.16 bits per heavy atom. The molecule has 168 valence electrons. The highest BCUT2D eigenvalue weighted by atomic mass is 35.5. The summed E-state index contributed by atoms with van der Waals surface area (Å²) in [4.78, 5) is 10.9. The molecular formula is C23H25ClFN5O2. The first kappa shape index (κ1) is 21.1. The first-order valence-electron chi connectivity index (χ1n) is 11.0. The Kier molecular flexibility index (Phi) is 5.95. The van der Waals surface area contributed by atoms with Gasteiger partial charge in [0.05, 0.1) is 29.6 Å². The van der Waals surface area contributed by atoms with Crippen LogP contribution in [-0.4, -0.2) is 39.9 Å². The predicted octanol–water partition coefficient (Wildman–Crippen LogP) is 4.95. The normalized spacial score (nSPS) is 21.0. The fourth-order valence-corrected chi connectivity index (χ4v) is 4.53. The quantitative estimate of drug-likeness (QED) is 0.496. The molecule has 0 amide bonds. The van der Waals surface area contributed by atoms with Gasteiger partial charge in [-0.2, -0.15) is 0 Å². The number of ether oxygens (including phenoxy) is 1. The number of benzene rings is 1. The van der Waals surface area contributed by atoms with Crippen molar-refractivity contribution in [1.29, 1.82) is 0 Å². The smallest absolute Gasteiger partial charge is 0.250 e. The average molecular weight is 458 g/mol. The molecule has 9 heteroatoms. The molecule has 0 radical (unpaired) electrons. The summed E-state index contributed by atoms with van der Waals surface area (Å²) in [6.45, 7) is 4.26. The molecule has 0 unspecified atom stereocenters. The average Bonchev–Trinajstić information content (AvgIpc) is 3.39. The van der Waals surface area contributed by atoms with Gasteiger partial charge in [0.25, 0.3) is 5.89 Å². The van der Waals surface area contributed by atoms with E-state index in [4.69, 9.17) is 20.8 Å². The molecule has 32 heavy (non-hydrogen) atoms. The number of halogens is 2. The number of aryl methyl sites for hydroxylation is 1. The summed E-state index contributed by atoms with van der Waals surface area (Å²) >= 11 is 5.88. The molecule has 3 aromatic rings. The molecule has 0 spiro atoms. The minimum absolute atomic E-state index is 0.183. The summed E-state index contributed by atoms with van der Waals surface area (Å²) in [5, 5.41) is 8.17. The third kappa shape index (κ3) is 4.85. The highest BCUT2D eigenvalue weighted by Crippen LogP contribution is 2.45. The molecule has 1 aliphatic heterocycles. The number of hydrogen-bond acceptors (Lipinski definition) is 7. The zero-order valence-electron chi connectivity index (χ0n) is 17.9. The van der Waals surface area contributed by atoms with Crippen LogP contribution in [0.4, 0.5) is 10.3 Å². The molecule has 0 bridgehead atoms. The first-order chi connectivity index (χ1) is 15.5. The highest BCUT2D eigenvalue weighted by Gasteiger charge is 2.39. The summed E-state index contributed by atoms with van der Waals surface area (Å²) in [5.74, 6) is 3.43. The van der Waals surface area contributed by atoms with Crippen LogP contribution < -0.4 is 9.64 Å². The van der Waals surface area contributed by atoms with E-state index in [1.807, 2.05) is 0 Å². The van der Waals surface area contributed by atoms with Crippen LogP contribution >= 0.6 is 11.6 Å². The monoisotopic (exact) mass is 457 g/mol. The van der Waals surface area contributed by atoms with E-state index in [0.717, 1.165) is 37.8 Å². The van der Waals surface area contributed by atoms with Gasteiger partial charge in [-0.1, -0.05) is 11.6 Å². The van der Waals surface area contributed by atoms with Crippen LogP contribution in [-0.2, 0) is 0 Å². The van der Waals surface area contributed by atoms with Gasteiger partial charge in [0, 0.05) is 26.1 Å². The van der Waals surface area contributed by atoms with E-state index in [2.05, 4.69) is 25.1 Å². The topological polar surface area (TPSA) is 77.2 Å². The Morgan fingerprint density at radius 2 is 1.94 bits per heavy atom. The Balaban J connectivity index is 1.06. The molecule has 2 aromatic heterocycles. The molecule has 5 rings (SSSR count). The second-order valence-corrected chi connectivity index (χ2v) is 9.14. The van der Waals surface area contributed by atoms with Gasteiger partial charge in [0.15, 0.2) is 0 Å². The third-order valence-corrected chi connectivity index (χ3v) is 6.57. The number of aromatic nitrogens is 4. The number of nitrogens with zero attached hydrogens (tertiary/aromatic N) is 5. The lowest BCUT2D eigenvalue weighted by molar-refractivity contribution is 0.278. The van der Waals surface area contributed by atoms with E-state index < -0.39 is 5.82 Å². The first-order valence-corrected chi connectivity index (χ1v) is 11.4. The van der Waals surface area contributed by atoms with Crippen molar-refractivity contribution in [3.8, 4) is 17.2 Å². The van der Waals surface area contributed by atoms with Gasteiger partial charge in [-0.05, 0) is 55.6 Å². The maximum atomic E-state index is 14.4. The molecular weight excluding hydrogens is 433 g/mol. The number of piperidine rings is 1. The van der Waals surface area contributed by atoms with Gasteiger partial charge in [-0.3, -0.25) is 0 Å². The van der Waals surface area contributed by atoms with Crippen LogP contribution in [0.3, 0.4) is 0 Å².